The van der Waals surface area contributed by atoms with Gasteiger partial charge in [0.1, 0.15) is 0 Å². The summed E-state index contributed by atoms with van der Waals surface area (Å²) in [5, 5.41) is 6.33. The normalized spacial score (nSPS) is 22.9. The number of hydrogen-bond acceptors (Lipinski definition) is 2. The van der Waals surface area contributed by atoms with E-state index in [1.54, 1.807) is 0 Å². The number of carbonyl (C=O) groups is 1. The molecule has 0 bridgehead atoms. The van der Waals surface area contributed by atoms with Crippen molar-refractivity contribution in [3.63, 3.8) is 0 Å². The predicted octanol–water partition coefficient (Wildman–Crippen LogP) is 3.74. The van der Waals surface area contributed by atoms with Gasteiger partial charge in [-0.25, -0.2) is 0 Å². The first-order chi connectivity index (χ1) is 9.60. The number of rotatable bonds is 3. The van der Waals surface area contributed by atoms with E-state index in [0.29, 0.717) is 6.04 Å². The number of anilines is 1. The van der Waals surface area contributed by atoms with E-state index in [1.165, 1.54) is 19.3 Å². The monoisotopic (exact) mass is 274 g/mol. The average molecular weight is 274 g/mol. The summed E-state index contributed by atoms with van der Waals surface area (Å²) in [5.74, 6) is 0.865. The van der Waals surface area contributed by atoms with Gasteiger partial charge in [-0.15, -0.1) is 0 Å². The SMILES string of the molecule is CNc1ccc(C(=O)NC2CCCC(C)CC2)cc1C. The molecule has 1 aromatic rings. The van der Waals surface area contributed by atoms with E-state index < -0.39 is 0 Å². The average Bonchev–Trinajstić information content (AvgIpc) is 2.63. The molecule has 1 aromatic carbocycles. The molecule has 3 nitrogen and oxygen atoms in total. The highest BCUT2D eigenvalue weighted by atomic mass is 16.1. The van der Waals surface area contributed by atoms with Gasteiger partial charge < -0.3 is 10.6 Å². The zero-order chi connectivity index (χ0) is 14.5. The zero-order valence-corrected chi connectivity index (χ0v) is 12.8. The Kier molecular flexibility index (Phi) is 5.05. The van der Waals surface area contributed by atoms with Crippen molar-refractivity contribution >= 4 is 11.6 Å². The number of hydrogen-bond donors (Lipinski definition) is 2. The maximum absolute atomic E-state index is 12.3. The topological polar surface area (TPSA) is 41.1 Å². The van der Waals surface area contributed by atoms with E-state index in [9.17, 15) is 4.79 Å². The third-order valence-corrected chi connectivity index (χ3v) is 4.35. The van der Waals surface area contributed by atoms with Crippen molar-refractivity contribution < 1.29 is 4.79 Å². The van der Waals surface area contributed by atoms with E-state index in [2.05, 4.69) is 17.6 Å². The van der Waals surface area contributed by atoms with Crippen molar-refractivity contribution in [3.8, 4) is 0 Å². The third kappa shape index (κ3) is 3.75. The fraction of sp³-hybridized carbons (Fsp3) is 0.588. The Morgan fingerprint density at radius 3 is 2.70 bits per heavy atom. The number of nitrogens with one attached hydrogen (secondary N) is 2. The molecular formula is C17H26N2O. The van der Waals surface area contributed by atoms with Gasteiger partial charge in [-0.2, -0.15) is 0 Å². The van der Waals surface area contributed by atoms with Gasteiger partial charge in [0.2, 0.25) is 0 Å². The van der Waals surface area contributed by atoms with Crippen LogP contribution >= 0.6 is 0 Å². The van der Waals surface area contributed by atoms with Gasteiger partial charge >= 0.3 is 0 Å². The molecule has 0 aromatic heterocycles. The Bertz CT molecular complexity index is 470. The van der Waals surface area contributed by atoms with Gasteiger partial charge in [-0.3, -0.25) is 4.79 Å². The molecule has 0 spiro atoms. The summed E-state index contributed by atoms with van der Waals surface area (Å²) in [5.41, 5.74) is 2.94. The van der Waals surface area contributed by atoms with E-state index in [4.69, 9.17) is 0 Å². The maximum atomic E-state index is 12.3. The highest BCUT2D eigenvalue weighted by Crippen LogP contribution is 2.23. The van der Waals surface area contributed by atoms with Crippen molar-refractivity contribution in [1.82, 2.24) is 5.32 Å². The minimum absolute atomic E-state index is 0.0651. The molecule has 0 aliphatic heterocycles. The lowest BCUT2D eigenvalue weighted by Crippen LogP contribution is -2.34. The van der Waals surface area contributed by atoms with Crippen molar-refractivity contribution in [2.45, 2.75) is 52.0 Å². The molecule has 110 valence electrons. The molecule has 2 atom stereocenters. The molecular weight excluding hydrogens is 248 g/mol. The van der Waals surface area contributed by atoms with Crippen LogP contribution < -0.4 is 10.6 Å². The molecule has 1 aliphatic rings. The van der Waals surface area contributed by atoms with Crippen LogP contribution in [-0.2, 0) is 0 Å². The Labute approximate surface area is 122 Å². The summed E-state index contributed by atoms with van der Waals surface area (Å²) in [6.45, 7) is 4.33. The van der Waals surface area contributed by atoms with Gasteiger partial charge in [-0.05, 0) is 55.9 Å². The molecule has 2 unspecified atom stereocenters. The van der Waals surface area contributed by atoms with Gasteiger partial charge in [0.05, 0.1) is 0 Å². The Morgan fingerprint density at radius 1 is 1.20 bits per heavy atom. The maximum Gasteiger partial charge on any atom is 0.251 e. The fourth-order valence-electron chi connectivity index (χ4n) is 2.99. The molecule has 0 saturated heterocycles. The number of amides is 1. The lowest BCUT2D eigenvalue weighted by Gasteiger charge is -2.17. The van der Waals surface area contributed by atoms with Crippen LogP contribution in [0.25, 0.3) is 0 Å². The van der Waals surface area contributed by atoms with E-state index in [0.717, 1.165) is 35.6 Å². The molecule has 3 heteroatoms. The van der Waals surface area contributed by atoms with Gasteiger partial charge in [0.25, 0.3) is 5.91 Å². The fourth-order valence-corrected chi connectivity index (χ4v) is 2.99. The van der Waals surface area contributed by atoms with Crippen molar-refractivity contribution in [3.05, 3.63) is 29.3 Å². The molecule has 2 N–H and O–H groups in total. The van der Waals surface area contributed by atoms with Crippen LogP contribution in [0.3, 0.4) is 0 Å². The lowest BCUT2D eigenvalue weighted by atomic mass is 10.0. The van der Waals surface area contributed by atoms with Crippen molar-refractivity contribution in [1.29, 1.82) is 0 Å². The Balaban J connectivity index is 1.99. The summed E-state index contributed by atoms with van der Waals surface area (Å²) in [6, 6.07) is 6.17. The molecule has 1 fully saturated rings. The largest absolute Gasteiger partial charge is 0.388 e. The highest BCUT2D eigenvalue weighted by Gasteiger charge is 2.18. The summed E-state index contributed by atoms with van der Waals surface area (Å²) in [6.07, 6.45) is 5.97. The highest BCUT2D eigenvalue weighted by molar-refractivity contribution is 5.95. The van der Waals surface area contributed by atoms with Crippen LogP contribution in [0.4, 0.5) is 5.69 Å². The minimum atomic E-state index is 0.0651. The molecule has 0 radical (unpaired) electrons. The lowest BCUT2D eigenvalue weighted by molar-refractivity contribution is 0.0933. The summed E-state index contributed by atoms with van der Waals surface area (Å²) < 4.78 is 0. The van der Waals surface area contributed by atoms with E-state index in [1.807, 2.05) is 32.2 Å². The van der Waals surface area contributed by atoms with Gasteiger partial charge in [0, 0.05) is 24.3 Å². The number of aryl methyl sites for hydroxylation is 1. The van der Waals surface area contributed by atoms with Crippen LogP contribution in [0, 0.1) is 12.8 Å². The molecule has 20 heavy (non-hydrogen) atoms. The molecule has 1 aliphatic carbocycles. The van der Waals surface area contributed by atoms with Crippen LogP contribution in [0.1, 0.15) is 54.9 Å². The molecule has 0 heterocycles. The van der Waals surface area contributed by atoms with Crippen molar-refractivity contribution in [2.24, 2.45) is 5.92 Å². The van der Waals surface area contributed by atoms with Crippen LogP contribution in [0.2, 0.25) is 0 Å². The minimum Gasteiger partial charge on any atom is -0.388 e. The van der Waals surface area contributed by atoms with Crippen LogP contribution in [0.15, 0.2) is 18.2 Å². The van der Waals surface area contributed by atoms with Crippen molar-refractivity contribution in [2.75, 3.05) is 12.4 Å². The molecule has 1 amide bonds. The second kappa shape index (κ2) is 6.78. The first-order valence-electron chi connectivity index (χ1n) is 7.69. The van der Waals surface area contributed by atoms with E-state index in [-0.39, 0.29) is 5.91 Å². The second-order valence-corrected chi connectivity index (χ2v) is 6.06. The smallest absolute Gasteiger partial charge is 0.251 e. The quantitative estimate of drug-likeness (QED) is 0.824. The summed E-state index contributed by atoms with van der Waals surface area (Å²) in [4.78, 5) is 12.3. The van der Waals surface area contributed by atoms with Crippen LogP contribution in [-0.4, -0.2) is 19.0 Å². The third-order valence-electron chi connectivity index (χ3n) is 4.35. The summed E-state index contributed by atoms with van der Waals surface area (Å²) >= 11 is 0. The standard InChI is InChI=1S/C17H26N2O/c1-12-5-4-6-15(9-7-12)19-17(20)14-8-10-16(18-3)13(2)11-14/h8,10-12,15,18H,4-7,9H2,1-3H3,(H,19,20). The Morgan fingerprint density at radius 2 is 2.00 bits per heavy atom. The first-order valence-corrected chi connectivity index (χ1v) is 7.69. The molecule has 2 rings (SSSR count). The number of benzene rings is 1. The van der Waals surface area contributed by atoms with Gasteiger partial charge in [-0.1, -0.05) is 19.8 Å². The van der Waals surface area contributed by atoms with E-state index >= 15 is 0 Å². The Hall–Kier alpha value is -1.51. The zero-order valence-electron chi connectivity index (χ0n) is 12.8. The van der Waals surface area contributed by atoms with Crippen LogP contribution in [0.5, 0.6) is 0 Å². The molecule has 1 saturated carbocycles. The van der Waals surface area contributed by atoms with Gasteiger partial charge in [0.15, 0.2) is 0 Å². The summed E-state index contributed by atoms with van der Waals surface area (Å²) in [7, 11) is 1.90. The first kappa shape index (κ1) is 14.9. The predicted molar refractivity (Wildman–Crippen MR) is 84.2 cm³/mol. The number of carbonyl (C=O) groups excluding carboxylic acids is 1. The second-order valence-electron chi connectivity index (χ2n) is 6.06.